The van der Waals surface area contributed by atoms with Gasteiger partial charge in [-0.05, 0) is 55.8 Å². The van der Waals surface area contributed by atoms with Crippen molar-refractivity contribution in [2.45, 2.75) is 51.5 Å². The lowest BCUT2D eigenvalue weighted by Gasteiger charge is -2.05. The lowest BCUT2D eigenvalue weighted by molar-refractivity contribution is 0.276. The van der Waals surface area contributed by atoms with Crippen molar-refractivity contribution >= 4 is 8.25 Å². The number of nitrogens with zero attached hydrogens (tertiary/aromatic N) is 1. The molecule has 0 spiro atoms. The van der Waals surface area contributed by atoms with Crippen molar-refractivity contribution < 1.29 is 14.0 Å². The van der Waals surface area contributed by atoms with Gasteiger partial charge in [0.25, 0.3) is 0 Å². The SMILES string of the molecule is O=[P+](O)OCCCNCc1ccc(CCCCCCc2ccccc2)cn1. The van der Waals surface area contributed by atoms with Crippen molar-refractivity contribution in [3.8, 4) is 0 Å². The number of nitrogens with one attached hydrogen (secondary N) is 1. The summed E-state index contributed by atoms with van der Waals surface area (Å²) in [4.78, 5) is 13.0. The molecule has 0 saturated heterocycles. The molecule has 1 aromatic carbocycles. The maximum atomic E-state index is 10.4. The van der Waals surface area contributed by atoms with Gasteiger partial charge in [0.1, 0.15) is 6.61 Å². The van der Waals surface area contributed by atoms with Gasteiger partial charge < -0.3 is 5.32 Å². The molecule has 0 fully saturated rings. The standard InChI is InChI=1S/C21H29N2O3P/c24-27(25)26-16-8-15-22-18-21-14-13-20(17-23-21)12-5-2-1-4-9-19-10-6-3-7-11-19/h3,6-7,10-11,13-14,17,22H,1-2,4-5,8-9,12,15-16,18H2/p+1. The molecule has 1 aromatic heterocycles. The van der Waals surface area contributed by atoms with E-state index in [2.05, 4.69) is 57.3 Å². The Morgan fingerprint density at radius 3 is 2.33 bits per heavy atom. The van der Waals surface area contributed by atoms with E-state index in [1.54, 1.807) is 0 Å². The zero-order valence-corrected chi connectivity index (χ0v) is 16.7. The second-order valence-electron chi connectivity index (χ2n) is 6.66. The maximum absolute atomic E-state index is 10.4. The van der Waals surface area contributed by atoms with Gasteiger partial charge >= 0.3 is 8.25 Å². The third-order valence-corrected chi connectivity index (χ3v) is 4.82. The van der Waals surface area contributed by atoms with E-state index in [9.17, 15) is 4.57 Å². The van der Waals surface area contributed by atoms with Crippen molar-refractivity contribution in [3.63, 3.8) is 0 Å². The van der Waals surface area contributed by atoms with Gasteiger partial charge in [-0.15, -0.1) is 9.42 Å². The lowest BCUT2D eigenvalue weighted by atomic mass is 10.0. The molecule has 2 rings (SSSR count). The lowest BCUT2D eigenvalue weighted by Crippen LogP contribution is -2.16. The molecule has 146 valence electrons. The minimum atomic E-state index is -2.48. The molecule has 0 bridgehead atoms. The van der Waals surface area contributed by atoms with Crippen molar-refractivity contribution in [1.82, 2.24) is 10.3 Å². The van der Waals surface area contributed by atoms with Crippen molar-refractivity contribution in [2.24, 2.45) is 0 Å². The molecule has 1 unspecified atom stereocenters. The largest absolute Gasteiger partial charge is 0.694 e. The first-order chi connectivity index (χ1) is 13.2. The number of aryl methyl sites for hydroxylation is 2. The molecule has 27 heavy (non-hydrogen) atoms. The number of benzene rings is 1. The average Bonchev–Trinajstić information content (AvgIpc) is 2.69. The van der Waals surface area contributed by atoms with Gasteiger partial charge in [0.15, 0.2) is 0 Å². The normalized spacial score (nSPS) is 11.5. The Morgan fingerprint density at radius 2 is 1.67 bits per heavy atom. The van der Waals surface area contributed by atoms with Gasteiger partial charge in [0, 0.05) is 17.3 Å². The summed E-state index contributed by atoms with van der Waals surface area (Å²) in [6.45, 7) is 1.72. The highest BCUT2D eigenvalue weighted by Crippen LogP contribution is 2.14. The zero-order chi connectivity index (χ0) is 19.2. The van der Waals surface area contributed by atoms with Crippen LogP contribution in [0, 0.1) is 0 Å². The third kappa shape index (κ3) is 10.3. The summed E-state index contributed by atoms with van der Waals surface area (Å²) < 4.78 is 15.0. The van der Waals surface area contributed by atoms with Crippen LogP contribution in [0.1, 0.15) is 48.9 Å². The highest BCUT2D eigenvalue weighted by Gasteiger charge is 2.09. The molecule has 0 amide bonds. The van der Waals surface area contributed by atoms with Crippen LogP contribution in [-0.4, -0.2) is 23.0 Å². The Kier molecular flexibility index (Phi) is 10.8. The number of hydrogen-bond acceptors (Lipinski definition) is 4. The summed E-state index contributed by atoms with van der Waals surface area (Å²) in [6, 6.07) is 14.9. The second kappa shape index (κ2) is 13.5. The van der Waals surface area contributed by atoms with Gasteiger partial charge in [0.05, 0.1) is 5.69 Å². The van der Waals surface area contributed by atoms with Crippen LogP contribution in [0.5, 0.6) is 0 Å². The highest BCUT2D eigenvalue weighted by atomic mass is 31.1. The first-order valence-corrected chi connectivity index (χ1v) is 10.8. The van der Waals surface area contributed by atoms with E-state index in [0.717, 1.165) is 18.7 Å². The molecular formula is C21H30N2O3P+. The second-order valence-corrected chi connectivity index (χ2v) is 7.39. The van der Waals surface area contributed by atoms with Gasteiger partial charge in [-0.25, -0.2) is 0 Å². The molecule has 1 atom stereocenters. The monoisotopic (exact) mass is 389 g/mol. The molecule has 6 heteroatoms. The third-order valence-electron chi connectivity index (χ3n) is 4.42. The van der Waals surface area contributed by atoms with Crippen LogP contribution in [0.3, 0.4) is 0 Å². The molecular weight excluding hydrogens is 359 g/mol. The molecule has 2 N–H and O–H groups in total. The number of rotatable bonds is 14. The van der Waals surface area contributed by atoms with Gasteiger partial charge in [-0.3, -0.25) is 4.98 Å². The van der Waals surface area contributed by atoms with Crippen molar-refractivity contribution in [1.29, 1.82) is 0 Å². The molecule has 0 aliphatic carbocycles. The Labute approximate surface area is 163 Å². The minimum Gasteiger partial charge on any atom is -0.311 e. The van der Waals surface area contributed by atoms with Crippen LogP contribution in [0.25, 0.3) is 0 Å². The quantitative estimate of drug-likeness (QED) is 0.366. The summed E-state index contributed by atoms with van der Waals surface area (Å²) >= 11 is 0. The van der Waals surface area contributed by atoms with E-state index in [1.807, 2.05) is 6.20 Å². The predicted octanol–water partition coefficient (Wildman–Crippen LogP) is 4.57. The zero-order valence-electron chi connectivity index (χ0n) is 15.8. The van der Waals surface area contributed by atoms with Crippen LogP contribution in [0.2, 0.25) is 0 Å². The van der Waals surface area contributed by atoms with Gasteiger partial charge in [0.2, 0.25) is 0 Å². The molecule has 0 aliphatic rings. The highest BCUT2D eigenvalue weighted by molar-refractivity contribution is 7.32. The fourth-order valence-electron chi connectivity index (χ4n) is 2.92. The minimum absolute atomic E-state index is 0.288. The van der Waals surface area contributed by atoms with E-state index >= 15 is 0 Å². The Morgan fingerprint density at radius 1 is 0.926 bits per heavy atom. The fourth-order valence-corrected chi connectivity index (χ4v) is 3.21. The van der Waals surface area contributed by atoms with Crippen LogP contribution >= 0.6 is 8.25 Å². The molecule has 0 saturated carbocycles. The van der Waals surface area contributed by atoms with Gasteiger partial charge in [-0.2, -0.15) is 0 Å². The number of aromatic nitrogens is 1. The Bertz CT molecular complexity index is 650. The summed E-state index contributed by atoms with van der Waals surface area (Å²) in [5, 5.41) is 3.26. The molecule has 1 heterocycles. The van der Waals surface area contributed by atoms with Crippen molar-refractivity contribution in [3.05, 3.63) is 65.5 Å². The maximum Gasteiger partial charge on any atom is 0.694 e. The summed E-state index contributed by atoms with van der Waals surface area (Å²) in [5.74, 6) is 0. The summed E-state index contributed by atoms with van der Waals surface area (Å²) in [7, 11) is -2.48. The average molecular weight is 389 g/mol. The Hall–Kier alpha value is -1.65. The van der Waals surface area contributed by atoms with Gasteiger partial charge in [-0.1, -0.05) is 49.2 Å². The fraction of sp³-hybridized carbons (Fsp3) is 0.476. The van der Waals surface area contributed by atoms with Crippen LogP contribution in [0.4, 0.5) is 0 Å². The summed E-state index contributed by atoms with van der Waals surface area (Å²) in [6.07, 6.45) is 9.94. The van der Waals surface area contributed by atoms with Crippen LogP contribution < -0.4 is 5.32 Å². The first kappa shape index (κ1) is 21.6. The number of unbranched alkanes of at least 4 members (excludes halogenated alkanes) is 3. The smallest absolute Gasteiger partial charge is 0.311 e. The van der Waals surface area contributed by atoms with E-state index in [0.29, 0.717) is 13.0 Å². The summed E-state index contributed by atoms with van der Waals surface area (Å²) in [5.41, 5.74) is 3.74. The van der Waals surface area contributed by atoms with Crippen molar-refractivity contribution in [2.75, 3.05) is 13.2 Å². The van der Waals surface area contributed by atoms with Crippen LogP contribution in [0.15, 0.2) is 48.7 Å². The number of pyridine rings is 1. The Balaban J connectivity index is 1.50. The van der Waals surface area contributed by atoms with E-state index < -0.39 is 8.25 Å². The van der Waals surface area contributed by atoms with E-state index in [-0.39, 0.29) is 6.61 Å². The van der Waals surface area contributed by atoms with E-state index in [1.165, 1.54) is 43.2 Å². The predicted molar refractivity (Wildman–Crippen MR) is 109 cm³/mol. The topological polar surface area (TPSA) is 71.5 Å². The van der Waals surface area contributed by atoms with E-state index in [4.69, 9.17) is 4.89 Å². The first-order valence-electron chi connectivity index (χ1n) is 9.71. The molecule has 2 aromatic rings. The number of hydrogen-bond donors (Lipinski definition) is 2. The molecule has 0 aliphatic heterocycles. The molecule has 0 radical (unpaired) electrons. The van der Waals surface area contributed by atoms with Crippen LogP contribution in [-0.2, 0) is 28.5 Å². The molecule has 5 nitrogen and oxygen atoms in total.